The van der Waals surface area contributed by atoms with Crippen molar-refractivity contribution in [3.8, 4) is 5.69 Å². The van der Waals surface area contributed by atoms with Crippen LogP contribution in [-0.2, 0) is 11.3 Å². The fraction of sp³-hybridized carbons (Fsp3) is 0.0526. The van der Waals surface area contributed by atoms with E-state index < -0.39 is 23.1 Å². The van der Waals surface area contributed by atoms with Crippen molar-refractivity contribution in [1.29, 1.82) is 0 Å². The van der Waals surface area contributed by atoms with Gasteiger partial charge < -0.3 is 5.32 Å². The average Bonchev–Trinajstić information content (AvgIpc) is 3.12. The molecular weight excluding hydrogens is 368 g/mol. The summed E-state index contributed by atoms with van der Waals surface area (Å²) in [5, 5.41) is 6.86. The summed E-state index contributed by atoms with van der Waals surface area (Å²) in [6.45, 7) is -0.336. The third kappa shape index (κ3) is 3.25. The van der Waals surface area contributed by atoms with Crippen LogP contribution >= 0.6 is 0 Å². The van der Waals surface area contributed by atoms with E-state index in [4.69, 9.17) is 0 Å². The SMILES string of the molecule is O=C(Cn1cnc2c(cnn2-c2ccccc2)c1=O)Nc1ccc(F)c(F)c1. The average molecular weight is 381 g/mol. The minimum Gasteiger partial charge on any atom is -0.324 e. The Kier molecular flexibility index (Phi) is 4.40. The Morgan fingerprint density at radius 3 is 2.61 bits per heavy atom. The number of aromatic nitrogens is 4. The summed E-state index contributed by atoms with van der Waals surface area (Å²) in [7, 11) is 0. The highest BCUT2D eigenvalue weighted by atomic mass is 19.2. The first-order valence-corrected chi connectivity index (χ1v) is 8.26. The van der Waals surface area contributed by atoms with Crippen LogP contribution in [0.1, 0.15) is 0 Å². The topological polar surface area (TPSA) is 81.8 Å². The van der Waals surface area contributed by atoms with Gasteiger partial charge in [0.15, 0.2) is 17.3 Å². The Labute approximate surface area is 156 Å². The van der Waals surface area contributed by atoms with Crippen molar-refractivity contribution in [1.82, 2.24) is 19.3 Å². The Bertz CT molecular complexity index is 1230. The van der Waals surface area contributed by atoms with Crippen molar-refractivity contribution in [2.75, 3.05) is 5.32 Å². The van der Waals surface area contributed by atoms with Gasteiger partial charge in [-0.3, -0.25) is 14.2 Å². The second kappa shape index (κ2) is 7.03. The molecule has 0 aliphatic heterocycles. The standard InChI is InChI=1S/C19H13F2N5O2/c20-15-7-6-12(8-16(15)21)24-17(27)10-25-11-22-18-14(19(25)28)9-23-26(18)13-4-2-1-3-5-13/h1-9,11H,10H2,(H,24,27). The molecule has 140 valence electrons. The number of hydrogen-bond donors (Lipinski definition) is 1. The molecule has 1 N–H and O–H groups in total. The minimum absolute atomic E-state index is 0.0860. The molecule has 0 bridgehead atoms. The monoisotopic (exact) mass is 381 g/mol. The first-order valence-electron chi connectivity index (χ1n) is 8.26. The molecular formula is C19H13F2N5O2. The van der Waals surface area contributed by atoms with E-state index in [9.17, 15) is 18.4 Å². The van der Waals surface area contributed by atoms with Crippen molar-refractivity contribution >= 4 is 22.6 Å². The number of carbonyl (C=O) groups excluding carboxylic acids is 1. The van der Waals surface area contributed by atoms with E-state index in [1.807, 2.05) is 30.3 Å². The number of nitrogens with zero attached hydrogens (tertiary/aromatic N) is 4. The van der Waals surface area contributed by atoms with Crippen LogP contribution in [0.15, 0.2) is 65.8 Å². The Morgan fingerprint density at radius 1 is 1.07 bits per heavy atom. The summed E-state index contributed by atoms with van der Waals surface area (Å²) in [4.78, 5) is 29.0. The number of para-hydroxylation sites is 1. The fourth-order valence-electron chi connectivity index (χ4n) is 2.75. The van der Waals surface area contributed by atoms with Gasteiger partial charge in [-0.15, -0.1) is 0 Å². The van der Waals surface area contributed by atoms with E-state index in [-0.39, 0.29) is 17.6 Å². The van der Waals surface area contributed by atoms with Crippen LogP contribution in [-0.4, -0.2) is 25.2 Å². The van der Waals surface area contributed by atoms with Gasteiger partial charge in [0.1, 0.15) is 18.3 Å². The highest BCUT2D eigenvalue weighted by Gasteiger charge is 2.13. The van der Waals surface area contributed by atoms with Crippen LogP contribution in [0.3, 0.4) is 0 Å². The maximum absolute atomic E-state index is 13.2. The molecule has 0 unspecified atom stereocenters. The predicted octanol–water partition coefficient (Wildman–Crippen LogP) is 2.50. The van der Waals surface area contributed by atoms with Gasteiger partial charge in [0.2, 0.25) is 5.91 Å². The Hall–Kier alpha value is -3.88. The lowest BCUT2D eigenvalue weighted by Crippen LogP contribution is -2.27. The molecule has 9 heteroatoms. The fourth-order valence-corrected chi connectivity index (χ4v) is 2.75. The number of hydrogen-bond acceptors (Lipinski definition) is 4. The molecule has 7 nitrogen and oxygen atoms in total. The first-order chi connectivity index (χ1) is 13.5. The van der Waals surface area contributed by atoms with Crippen molar-refractivity contribution in [2.45, 2.75) is 6.54 Å². The number of halogens is 2. The van der Waals surface area contributed by atoms with Crippen molar-refractivity contribution in [3.63, 3.8) is 0 Å². The number of amides is 1. The molecule has 0 saturated heterocycles. The number of nitrogens with one attached hydrogen (secondary N) is 1. The van der Waals surface area contributed by atoms with Crippen LogP contribution in [0.4, 0.5) is 14.5 Å². The third-order valence-electron chi connectivity index (χ3n) is 4.07. The molecule has 0 aliphatic carbocycles. The van der Waals surface area contributed by atoms with Gasteiger partial charge in [0, 0.05) is 11.8 Å². The van der Waals surface area contributed by atoms with Gasteiger partial charge >= 0.3 is 0 Å². The Balaban J connectivity index is 1.59. The van der Waals surface area contributed by atoms with Crippen molar-refractivity contribution in [2.24, 2.45) is 0 Å². The summed E-state index contributed by atoms with van der Waals surface area (Å²) in [5.74, 6) is -2.67. The molecule has 2 aromatic carbocycles. The quantitative estimate of drug-likeness (QED) is 0.589. The summed E-state index contributed by atoms with van der Waals surface area (Å²) in [5.41, 5.74) is 0.766. The zero-order valence-corrected chi connectivity index (χ0v) is 14.3. The first kappa shape index (κ1) is 17.5. The summed E-state index contributed by atoms with van der Waals surface area (Å²) in [6, 6.07) is 12.2. The van der Waals surface area contributed by atoms with E-state index >= 15 is 0 Å². The van der Waals surface area contributed by atoms with E-state index in [1.165, 1.54) is 23.3 Å². The van der Waals surface area contributed by atoms with Crippen LogP contribution in [0.5, 0.6) is 0 Å². The molecule has 28 heavy (non-hydrogen) atoms. The highest BCUT2D eigenvalue weighted by Crippen LogP contribution is 2.14. The molecule has 4 aromatic rings. The molecule has 0 aliphatic rings. The second-order valence-electron chi connectivity index (χ2n) is 5.98. The van der Waals surface area contributed by atoms with E-state index in [1.54, 1.807) is 0 Å². The third-order valence-corrected chi connectivity index (χ3v) is 4.07. The normalized spacial score (nSPS) is 10.9. The molecule has 4 rings (SSSR count). The number of anilines is 1. The zero-order chi connectivity index (χ0) is 19.7. The minimum atomic E-state index is -1.08. The van der Waals surface area contributed by atoms with E-state index in [2.05, 4.69) is 15.4 Å². The summed E-state index contributed by atoms with van der Waals surface area (Å²) >= 11 is 0. The lowest BCUT2D eigenvalue weighted by atomic mass is 10.3. The predicted molar refractivity (Wildman–Crippen MR) is 98.1 cm³/mol. The van der Waals surface area contributed by atoms with Crippen LogP contribution in [0.2, 0.25) is 0 Å². The van der Waals surface area contributed by atoms with Gasteiger partial charge in [0.25, 0.3) is 5.56 Å². The Morgan fingerprint density at radius 2 is 1.86 bits per heavy atom. The van der Waals surface area contributed by atoms with Gasteiger partial charge in [-0.1, -0.05) is 18.2 Å². The largest absolute Gasteiger partial charge is 0.324 e. The van der Waals surface area contributed by atoms with E-state index in [0.29, 0.717) is 5.65 Å². The maximum Gasteiger partial charge on any atom is 0.264 e. The van der Waals surface area contributed by atoms with E-state index in [0.717, 1.165) is 22.4 Å². The molecule has 0 radical (unpaired) electrons. The number of benzene rings is 2. The lowest BCUT2D eigenvalue weighted by Gasteiger charge is -2.08. The molecule has 1 amide bonds. The van der Waals surface area contributed by atoms with Crippen LogP contribution in [0.25, 0.3) is 16.7 Å². The molecule has 0 saturated carbocycles. The summed E-state index contributed by atoms with van der Waals surface area (Å²) < 4.78 is 28.8. The summed E-state index contributed by atoms with van der Waals surface area (Å²) in [6.07, 6.45) is 2.64. The van der Waals surface area contributed by atoms with Gasteiger partial charge in [-0.2, -0.15) is 5.10 Å². The molecule has 2 heterocycles. The number of fused-ring (bicyclic) bond motifs is 1. The molecule has 0 atom stereocenters. The number of rotatable bonds is 4. The smallest absolute Gasteiger partial charge is 0.264 e. The molecule has 0 spiro atoms. The van der Waals surface area contributed by atoms with Gasteiger partial charge in [-0.25, -0.2) is 18.4 Å². The zero-order valence-electron chi connectivity index (χ0n) is 14.3. The lowest BCUT2D eigenvalue weighted by molar-refractivity contribution is -0.116. The van der Waals surface area contributed by atoms with Crippen molar-refractivity contribution < 1.29 is 13.6 Å². The second-order valence-corrected chi connectivity index (χ2v) is 5.98. The van der Waals surface area contributed by atoms with Crippen LogP contribution < -0.4 is 10.9 Å². The van der Waals surface area contributed by atoms with Gasteiger partial charge in [-0.05, 0) is 24.3 Å². The van der Waals surface area contributed by atoms with Crippen molar-refractivity contribution in [3.05, 3.63) is 83.0 Å². The maximum atomic E-state index is 13.2. The highest BCUT2D eigenvalue weighted by molar-refractivity contribution is 5.90. The molecule has 0 fully saturated rings. The number of carbonyl (C=O) groups is 1. The van der Waals surface area contributed by atoms with Crippen LogP contribution in [0, 0.1) is 11.6 Å². The van der Waals surface area contributed by atoms with Gasteiger partial charge in [0.05, 0.1) is 11.9 Å². The molecule has 2 aromatic heterocycles.